The maximum Gasteiger partial charge on any atom is 0.194 e. The van der Waals surface area contributed by atoms with Gasteiger partial charge in [0, 0.05) is 38.2 Å². The number of hydrogen-bond acceptors (Lipinski definition) is 6. The monoisotopic (exact) mass is 484 g/mol. The van der Waals surface area contributed by atoms with E-state index in [2.05, 4.69) is 21.2 Å². The molecule has 4 heterocycles. The number of fused-ring (bicyclic) bond motifs is 3. The molecule has 4 atom stereocenters. The molecule has 184 valence electrons. The van der Waals surface area contributed by atoms with Gasteiger partial charge < -0.3 is 9.64 Å². The van der Waals surface area contributed by atoms with Crippen molar-refractivity contribution in [2.75, 3.05) is 24.6 Å². The van der Waals surface area contributed by atoms with Crippen molar-refractivity contribution in [1.82, 2.24) is 25.0 Å². The Balaban J connectivity index is 1.24. The fourth-order valence-electron chi connectivity index (χ4n) is 6.03. The normalized spacial score (nSPS) is 26.0. The summed E-state index contributed by atoms with van der Waals surface area (Å²) in [5.41, 5.74) is 1.98. The Morgan fingerprint density at radius 2 is 1.89 bits per heavy atom. The molecule has 0 radical (unpaired) electrons. The molecule has 1 aliphatic carbocycles. The number of rotatable bonds is 4. The summed E-state index contributed by atoms with van der Waals surface area (Å²) in [6, 6.07) is 4.24. The smallest absolute Gasteiger partial charge is 0.194 e. The van der Waals surface area contributed by atoms with Crippen molar-refractivity contribution in [2.45, 2.75) is 45.3 Å². The summed E-state index contributed by atoms with van der Waals surface area (Å²) in [6.07, 6.45) is 4.67. The third-order valence-electron chi connectivity index (χ3n) is 7.70. The Hall–Kier alpha value is -3.01. The topological polar surface area (TPSA) is 69.0 Å². The predicted molar refractivity (Wildman–Crippen MR) is 121 cm³/mol. The second kappa shape index (κ2) is 8.89. The van der Waals surface area contributed by atoms with Crippen LogP contribution in [-0.4, -0.2) is 44.7 Å². The third kappa shape index (κ3) is 4.07. The van der Waals surface area contributed by atoms with E-state index in [4.69, 9.17) is 14.8 Å². The van der Waals surface area contributed by atoms with E-state index < -0.39 is 23.6 Å². The van der Waals surface area contributed by atoms with Gasteiger partial charge >= 0.3 is 0 Å². The first-order valence-electron chi connectivity index (χ1n) is 12.2. The van der Waals surface area contributed by atoms with Crippen LogP contribution in [0.25, 0.3) is 0 Å². The summed E-state index contributed by atoms with van der Waals surface area (Å²) in [5.74, 6) is -1.28. The van der Waals surface area contributed by atoms with Crippen molar-refractivity contribution in [1.29, 1.82) is 0 Å². The molecule has 3 aliphatic rings. The standard InChI is InChI=1S/C25H27F3N6O/c1-14-9-17(11-29-31-14)33-12-15-3-4-16(13-33)19(15)10-21-30-25-24(35-8-2-7-34(25)32-21)18-5-6-20(26)23(28)22(18)27/h5-6,9,11,15-16,19,24H,2-4,7-8,10,12-13H2,1H3/t15-,16+,19?,24-/m0/s1. The summed E-state index contributed by atoms with van der Waals surface area (Å²) in [4.78, 5) is 7.16. The highest BCUT2D eigenvalue weighted by molar-refractivity contribution is 5.45. The molecular formula is C25H27F3N6O. The van der Waals surface area contributed by atoms with Gasteiger partial charge in [-0.05, 0) is 62.1 Å². The highest BCUT2D eigenvalue weighted by Gasteiger charge is 2.43. The maximum atomic E-state index is 14.6. The van der Waals surface area contributed by atoms with Crippen molar-refractivity contribution in [2.24, 2.45) is 17.8 Å². The molecule has 7 nitrogen and oxygen atoms in total. The van der Waals surface area contributed by atoms with Gasteiger partial charge in [-0.2, -0.15) is 15.3 Å². The van der Waals surface area contributed by atoms with Gasteiger partial charge in [0.15, 0.2) is 29.1 Å². The summed E-state index contributed by atoms with van der Waals surface area (Å²) in [5, 5.41) is 12.9. The van der Waals surface area contributed by atoms with Crippen LogP contribution in [0.4, 0.5) is 18.9 Å². The molecule has 2 aliphatic heterocycles. The number of anilines is 1. The first-order chi connectivity index (χ1) is 17.0. The fourth-order valence-corrected chi connectivity index (χ4v) is 6.03. The van der Waals surface area contributed by atoms with E-state index >= 15 is 0 Å². The van der Waals surface area contributed by atoms with Crippen LogP contribution in [0, 0.1) is 42.1 Å². The third-order valence-corrected chi connectivity index (χ3v) is 7.70. The minimum atomic E-state index is -1.50. The molecule has 1 unspecified atom stereocenters. The SMILES string of the molecule is Cc1cc(N2C[C@H]3CC[C@@H](C2)C3Cc2nc3n(n2)CCCO[C@H]3c2ccc(F)c(F)c2F)cnn1. The lowest BCUT2D eigenvalue weighted by Gasteiger charge is -2.39. The molecular weight excluding hydrogens is 457 g/mol. The molecule has 1 saturated heterocycles. The Morgan fingerprint density at radius 1 is 1.09 bits per heavy atom. The second-order valence-electron chi connectivity index (χ2n) is 9.90. The molecule has 0 spiro atoms. The minimum absolute atomic E-state index is 0.0550. The van der Waals surface area contributed by atoms with Crippen LogP contribution in [0.2, 0.25) is 0 Å². The van der Waals surface area contributed by atoms with Crippen molar-refractivity contribution in [3.8, 4) is 0 Å². The van der Waals surface area contributed by atoms with E-state index in [0.717, 1.165) is 37.0 Å². The number of halogens is 3. The van der Waals surface area contributed by atoms with Crippen LogP contribution in [0.1, 0.15) is 48.3 Å². The van der Waals surface area contributed by atoms with Crippen molar-refractivity contribution in [3.63, 3.8) is 0 Å². The highest BCUT2D eigenvalue weighted by Crippen LogP contribution is 2.44. The Morgan fingerprint density at radius 3 is 2.66 bits per heavy atom. The van der Waals surface area contributed by atoms with Gasteiger partial charge in [0.2, 0.25) is 0 Å². The lowest BCUT2D eigenvalue weighted by Crippen LogP contribution is -2.43. The van der Waals surface area contributed by atoms with Crippen molar-refractivity contribution in [3.05, 3.63) is 64.8 Å². The van der Waals surface area contributed by atoms with E-state index in [1.165, 1.54) is 18.9 Å². The van der Waals surface area contributed by atoms with Gasteiger partial charge in [-0.25, -0.2) is 22.8 Å². The molecule has 2 aromatic heterocycles. The zero-order valence-corrected chi connectivity index (χ0v) is 19.5. The minimum Gasteiger partial charge on any atom is -0.370 e. The summed E-state index contributed by atoms with van der Waals surface area (Å²) in [6.45, 7) is 4.83. The van der Waals surface area contributed by atoms with Crippen LogP contribution in [-0.2, 0) is 17.7 Å². The number of benzene rings is 1. The van der Waals surface area contributed by atoms with E-state index in [-0.39, 0.29) is 5.56 Å². The van der Waals surface area contributed by atoms with Crippen molar-refractivity contribution >= 4 is 5.69 Å². The number of nitrogens with zero attached hydrogens (tertiary/aromatic N) is 6. The quantitative estimate of drug-likeness (QED) is 0.522. The number of piperidine rings is 1. The van der Waals surface area contributed by atoms with Crippen LogP contribution >= 0.6 is 0 Å². The van der Waals surface area contributed by atoms with Gasteiger partial charge in [0.25, 0.3) is 0 Å². The Bertz CT molecular complexity index is 1240. The molecule has 6 rings (SSSR count). The molecule has 2 fully saturated rings. The van der Waals surface area contributed by atoms with Gasteiger partial charge in [-0.15, -0.1) is 0 Å². The van der Waals surface area contributed by atoms with Crippen LogP contribution < -0.4 is 4.90 Å². The van der Waals surface area contributed by atoms with Crippen molar-refractivity contribution < 1.29 is 17.9 Å². The maximum absolute atomic E-state index is 14.6. The van der Waals surface area contributed by atoms with Crippen LogP contribution in [0.15, 0.2) is 24.4 Å². The molecule has 1 saturated carbocycles. The van der Waals surface area contributed by atoms with E-state index in [1.807, 2.05) is 13.1 Å². The molecule has 0 amide bonds. The second-order valence-corrected chi connectivity index (χ2v) is 9.90. The summed E-state index contributed by atoms with van der Waals surface area (Å²) < 4.78 is 49.6. The number of ether oxygens (including phenoxy) is 1. The fraction of sp³-hybridized carbons (Fsp3) is 0.520. The molecule has 10 heteroatoms. The van der Waals surface area contributed by atoms with Crippen LogP contribution in [0.3, 0.4) is 0 Å². The van der Waals surface area contributed by atoms with Crippen LogP contribution in [0.5, 0.6) is 0 Å². The number of aromatic nitrogens is 5. The molecule has 2 bridgehead atoms. The van der Waals surface area contributed by atoms with Gasteiger partial charge in [0.1, 0.15) is 6.10 Å². The molecule has 3 aromatic rings. The zero-order valence-electron chi connectivity index (χ0n) is 19.5. The summed E-state index contributed by atoms with van der Waals surface area (Å²) >= 11 is 0. The lowest BCUT2D eigenvalue weighted by molar-refractivity contribution is 0.0779. The average Bonchev–Trinajstić information content (AvgIpc) is 3.25. The number of hydrogen-bond donors (Lipinski definition) is 0. The first kappa shape index (κ1) is 22.5. The van der Waals surface area contributed by atoms with Gasteiger partial charge in [-0.1, -0.05) is 0 Å². The lowest BCUT2D eigenvalue weighted by atomic mass is 9.82. The van der Waals surface area contributed by atoms with E-state index in [0.29, 0.717) is 49.0 Å². The van der Waals surface area contributed by atoms with Gasteiger partial charge in [0.05, 0.1) is 17.6 Å². The number of aryl methyl sites for hydroxylation is 2. The molecule has 0 N–H and O–H groups in total. The average molecular weight is 485 g/mol. The van der Waals surface area contributed by atoms with E-state index in [9.17, 15) is 13.2 Å². The first-order valence-corrected chi connectivity index (χ1v) is 12.2. The van der Waals surface area contributed by atoms with E-state index in [1.54, 1.807) is 4.68 Å². The predicted octanol–water partition coefficient (Wildman–Crippen LogP) is 4.01. The Labute approximate surface area is 201 Å². The van der Waals surface area contributed by atoms with Gasteiger partial charge in [-0.3, -0.25) is 0 Å². The molecule has 1 aromatic carbocycles. The zero-order chi connectivity index (χ0) is 24.1. The highest BCUT2D eigenvalue weighted by atomic mass is 19.2. The molecule has 35 heavy (non-hydrogen) atoms. The Kier molecular flexibility index (Phi) is 5.70. The largest absolute Gasteiger partial charge is 0.370 e. The summed E-state index contributed by atoms with van der Waals surface area (Å²) in [7, 11) is 0.